The molecule has 11 heteroatoms. The molecule has 4 N–H and O–H groups in total. The van der Waals surface area contributed by atoms with Gasteiger partial charge in [-0.2, -0.15) is 5.10 Å². The van der Waals surface area contributed by atoms with E-state index in [4.69, 9.17) is 21.8 Å². The summed E-state index contributed by atoms with van der Waals surface area (Å²) in [7, 11) is 3.50. The highest BCUT2D eigenvalue weighted by molar-refractivity contribution is 6.31. The van der Waals surface area contributed by atoms with E-state index in [2.05, 4.69) is 20.6 Å². The van der Waals surface area contributed by atoms with Crippen molar-refractivity contribution in [1.29, 1.82) is 0 Å². The fourth-order valence-electron chi connectivity index (χ4n) is 5.19. The Kier molecular flexibility index (Phi) is 6.64. The van der Waals surface area contributed by atoms with Crippen molar-refractivity contribution < 1.29 is 18.7 Å². The van der Waals surface area contributed by atoms with Gasteiger partial charge in [0, 0.05) is 32.6 Å². The summed E-state index contributed by atoms with van der Waals surface area (Å²) in [6.45, 7) is 1.72. The molecule has 0 saturated heterocycles. The van der Waals surface area contributed by atoms with Crippen molar-refractivity contribution in [2.45, 2.75) is 44.1 Å². The number of nitrogens with zero attached hydrogens (tertiary/aromatic N) is 4. The van der Waals surface area contributed by atoms with Crippen molar-refractivity contribution in [3.63, 3.8) is 0 Å². The first-order chi connectivity index (χ1) is 16.1. The molecule has 3 aromatic rings. The highest BCUT2D eigenvalue weighted by Gasteiger charge is 2.52. The quantitative estimate of drug-likeness (QED) is 0.470. The number of aliphatic hydroxyl groups is 1. The van der Waals surface area contributed by atoms with Gasteiger partial charge in [-0.25, -0.2) is 4.39 Å². The number of aldehydes is 1. The number of benzene rings is 1. The molecule has 2 aromatic heterocycles. The summed E-state index contributed by atoms with van der Waals surface area (Å²) in [4.78, 5) is 11.4. The number of halogens is 2. The van der Waals surface area contributed by atoms with Crippen LogP contribution in [-0.2, 0) is 12.6 Å². The van der Waals surface area contributed by atoms with Crippen molar-refractivity contribution in [3.8, 4) is 0 Å². The van der Waals surface area contributed by atoms with Crippen molar-refractivity contribution in [2.75, 3.05) is 18.1 Å². The Balaban J connectivity index is 0.000000231. The fourth-order valence-corrected chi connectivity index (χ4v) is 5.37. The molecular formula is C23H28ClFN6O3. The predicted octanol–water partition coefficient (Wildman–Crippen LogP) is 3.82. The Labute approximate surface area is 201 Å². The van der Waals surface area contributed by atoms with Crippen LogP contribution < -0.4 is 11.1 Å². The van der Waals surface area contributed by atoms with Gasteiger partial charge in [0.1, 0.15) is 17.2 Å². The van der Waals surface area contributed by atoms with E-state index in [1.807, 2.05) is 0 Å². The number of nitrogens with two attached hydrogens (primary N) is 1. The molecule has 9 nitrogen and oxygen atoms in total. The number of aromatic nitrogens is 4. The molecule has 0 aliphatic heterocycles. The standard InChI is InChI=1S/C16H21N5O3.C7H7ClFN/c1-8-18-19-15(24-8)16(23)5-10-3-9(4-11(10)6-16)13-12(7-22)14(17)21(2)20-13;1-10-5-2-3-7(9)6(8)4-5/h7,9-11,23H,3-6,17H2,1-2H3;2-4,10H,1H3. The Morgan fingerprint density at radius 3 is 2.53 bits per heavy atom. The maximum absolute atomic E-state index is 12.5. The lowest BCUT2D eigenvalue weighted by Crippen LogP contribution is -2.23. The van der Waals surface area contributed by atoms with Crippen LogP contribution in [0.2, 0.25) is 5.02 Å². The molecule has 2 aliphatic rings. The molecule has 2 heterocycles. The lowest BCUT2D eigenvalue weighted by molar-refractivity contribution is 0.00672. The minimum Gasteiger partial charge on any atom is -0.422 e. The van der Waals surface area contributed by atoms with Gasteiger partial charge in [-0.3, -0.25) is 9.48 Å². The summed E-state index contributed by atoms with van der Waals surface area (Å²) in [5, 5.41) is 26.2. The summed E-state index contributed by atoms with van der Waals surface area (Å²) in [6, 6.07) is 4.49. The van der Waals surface area contributed by atoms with Crippen LogP contribution in [0.25, 0.3) is 0 Å². The first-order valence-corrected chi connectivity index (χ1v) is 11.5. The SMILES string of the molecule is CNc1ccc(F)c(Cl)c1.Cc1nnc(C2(O)CC3CC(c4nn(C)c(N)c4C=O)CC3C2)o1. The minimum atomic E-state index is -1.03. The van der Waals surface area contributed by atoms with Gasteiger partial charge in [-0.15, -0.1) is 10.2 Å². The van der Waals surface area contributed by atoms with E-state index in [0.717, 1.165) is 30.5 Å². The van der Waals surface area contributed by atoms with Gasteiger partial charge in [-0.05, 0) is 55.7 Å². The van der Waals surface area contributed by atoms with Gasteiger partial charge in [0.25, 0.3) is 0 Å². The summed E-state index contributed by atoms with van der Waals surface area (Å²) in [5.41, 5.74) is 7.00. The molecule has 2 aliphatic carbocycles. The van der Waals surface area contributed by atoms with Crippen LogP contribution in [0.4, 0.5) is 15.9 Å². The smallest absolute Gasteiger partial charge is 0.247 e. The number of nitrogen functional groups attached to an aromatic ring is 1. The van der Waals surface area contributed by atoms with Crippen LogP contribution in [0.1, 0.15) is 59.4 Å². The molecule has 2 saturated carbocycles. The molecular weight excluding hydrogens is 463 g/mol. The number of hydrogen-bond acceptors (Lipinski definition) is 8. The van der Waals surface area contributed by atoms with Gasteiger partial charge < -0.3 is 20.6 Å². The molecule has 0 amide bonds. The largest absolute Gasteiger partial charge is 0.422 e. The normalized spacial score (nSPS) is 25.5. The van der Waals surface area contributed by atoms with Gasteiger partial charge in [0.15, 0.2) is 6.29 Å². The zero-order chi connectivity index (χ0) is 24.6. The second-order valence-electron chi connectivity index (χ2n) is 9.06. The van der Waals surface area contributed by atoms with Gasteiger partial charge in [-0.1, -0.05) is 11.6 Å². The number of rotatable bonds is 4. The van der Waals surface area contributed by atoms with Gasteiger partial charge >= 0.3 is 0 Å². The minimum absolute atomic E-state index is 0.145. The summed E-state index contributed by atoms with van der Waals surface area (Å²) in [5.74, 6) is 1.73. The van der Waals surface area contributed by atoms with E-state index >= 15 is 0 Å². The van der Waals surface area contributed by atoms with E-state index in [-0.39, 0.29) is 16.8 Å². The van der Waals surface area contributed by atoms with E-state index in [1.165, 1.54) is 12.1 Å². The average Bonchev–Trinajstić information content (AvgIpc) is 3.54. The lowest BCUT2D eigenvalue weighted by Gasteiger charge is -2.20. The molecule has 2 atom stereocenters. The van der Waals surface area contributed by atoms with Crippen molar-refractivity contribution in [3.05, 3.63) is 52.1 Å². The lowest BCUT2D eigenvalue weighted by atomic mass is 9.92. The maximum atomic E-state index is 12.5. The molecule has 182 valence electrons. The molecule has 34 heavy (non-hydrogen) atoms. The number of fused-ring (bicyclic) bond motifs is 1. The number of aryl methyl sites for hydroxylation is 2. The first kappa shape index (κ1) is 24.2. The second-order valence-corrected chi connectivity index (χ2v) is 9.47. The molecule has 0 bridgehead atoms. The molecule has 5 rings (SSSR count). The van der Waals surface area contributed by atoms with Crippen molar-refractivity contribution in [2.24, 2.45) is 18.9 Å². The van der Waals surface area contributed by atoms with Crippen LogP contribution in [-0.4, -0.2) is 38.4 Å². The Morgan fingerprint density at radius 1 is 1.32 bits per heavy atom. The Hall–Kier alpha value is -2.98. The first-order valence-electron chi connectivity index (χ1n) is 11.1. The molecule has 2 fully saturated rings. The van der Waals surface area contributed by atoms with Crippen LogP contribution in [0.15, 0.2) is 22.6 Å². The number of nitrogens with one attached hydrogen (secondary N) is 1. The molecule has 0 spiro atoms. The van der Waals surface area contributed by atoms with E-state index in [0.29, 0.717) is 47.8 Å². The van der Waals surface area contributed by atoms with Crippen molar-refractivity contribution in [1.82, 2.24) is 20.0 Å². The zero-order valence-corrected chi connectivity index (χ0v) is 20.0. The van der Waals surface area contributed by atoms with Crippen LogP contribution in [0, 0.1) is 24.6 Å². The fraction of sp³-hybridized carbons (Fsp3) is 0.478. The average molecular weight is 491 g/mol. The number of hydrogen-bond donors (Lipinski definition) is 3. The Bertz CT molecular complexity index is 1180. The van der Waals surface area contributed by atoms with E-state index < -0.39 is 5.60 Å². The number of carbonyl (C=O) groups excluding carboxylic acids is 1. The number of carbonyl (C=O) groups is 1. The topological polar surface area (TPSA) is 132 Å². The van der Waals surface area contributed by atoms with Crippen LogP contribution >= 0.6 is 11.6 Å². The number of anilines is 2. The van der Waals surface area contributed by atoms with Crippen molar-refractivity contribution >= 4 is 29.4 Å². The molecule has 1 aromatic carbocycles. The predicted molar refractivity (Wildman–Crippen MR) is 125 cm³/mol. The summed E-state index contributed by atoms with van der Waals surface area (Å²) < 4.78 is 19.5. The monoisotopic (exact) mass is 490 g/mol. The Morgan fingerprint density at radius 2 is 2.00 bits per heavy atom. The zero-order valence-electron chi connectivity index (χ0n) is 19.3. The summed E-state index contributed by atoms with van der Waals surface area (Å²) >= 11 is 5.48. The third-order valence-electron chi connectivity index (χ3n) is 6.84. The summed E-state index contributed by atoms with van der Waals surface area (Å²) in [6.07, 6.45) is 3.78. The maximum Gasteiger partial charge on any atom is 0.247 e. The third kappa shape index (κ3) is 4.52. The van der Waals surface area contributed by atoms with Gasteiger partial charge in [0.2, 0.25) is 11.8 Å². The van der Waals surface area contributed by atoms with Crippen LogP contribution in [0.5, 0.6) is 0 Å². The molecule has 2 unspecified atom stereocenters. The highest BCUT2D eigenvalue weighted by atomic mass is 35.5. The second kappa shape index (κ2) is 9.34. The van der Waals surface area contributed by atoms with E-state index in [9.17, 15) is 14.3 Å². The van der Waals surface area contributed by atoms with Gasteiger partial charge in [0.05, 0.1) is 16.3 Å². The highest BCUT2D eigenvalue weighted by Crippen LogP contribution is 2.56. The van der Waals surface area contributed by atoms with Crippen LogP contribution in [0.3, 0.4) is 0 Å². The third-order valence-corrected chi connectivity index (χ3v) is 7.13. The van der Waals surface area contributed by atoms with E-state index in [1.54, 1.807) is 31.8 Å². The molecule has 0 radical (unpaired) electrons.